The Morgan fingerprint density at radius 3 is 2.85 bits per heavy atom. The lowest BCUT2D eigenvalue weighted by Crippen LogP contribution is -2.47. The molecule has 0 bridgehead atoms. The molecule has 1 saturated heterocycles. The van der Waals surface area contributed by atoms with Crippen molar-refractivity contribution in [3.8, 4) is 0 Å². The van der Waals surface area contributed by atoms with Crippen LogP contribution in [0.4, 0.5) is 0 Å². The van der Waals surface area contributed by atoms with Gasteiger partial charge in [-0.3, -0.25) is 0 Å². The van der Waals surface area contributed by atoms with Gasteiger partial charge in [-0.15, -0.1) is 0 Å². The van der Waals surface area contributed by atoms with Gasteiger partial charge in [-0.25, -0.2) is 0 Å². The summed E-state index contributed by atoms with van der Waals surface area (Å²) in [4.78, 5) is 0. The Hall–Kier alpha value is -0.0800. The van der Waals surface area contributed by atoms with Gasteiger partial charge in [-0.1, -0.05) is 19.8 Å². The van der Waals surface area contributed by atoms with E-state index in [1.165, 1.54) is 25.7 Å². The third-order valence-corrected chi connectivity index (χ3v) is 4.51. The summed E-state index contributed by atoms with van der Waals surface area (Å²) in [5.74, 6) is 0.439. The first-order valence-electron chi connectivity index (χ1n) is 5.58. The van der Waals surface area contributed by atoms with E-state index >= 15 is 0 Å². The molecule has 4 atom stereocenters. The summed E-state index contributed by atoms with van der Waals surface area (Å²) in [6.07, 6.45) is 6.96. The van der Waals surface area contributed by atoms with Crippen molar-refractivity contribution in [2.75, 3.05) is 0 Å². The molecule has 0 aromatic rings. The van der Waals surface area contributed by atoms with Gasteiger partial charge in [0.15, 0.2) is 0 Å². The molecule has 0 aromatic heterocycles. The number of rotatable bonds is 0. The molecule has 0 radical (unpaired) electrons. The SMILES string of the molecule is CC1CCC23CCCCC2(O3)C1O. The number of epoxide rings is 1. The number of ether oxygens (including phenoxy) is 1. The fourth-order valence-corrected chi connectivity index (χ4v) is 3.61. The van der Waals surface area contributed by atoms with Gasteiger partial charge >= 0.3 is 0 Å². The highest BCUT2D eigenvalue weighted by Gasteiger charge is 2.75. The molecule has 4 unspecified atom stereocenters. The maximum Gasteiger partial charge on any atom is 0.124 e. The van der Waals surface area contributed by atoms with E-state index in [0.717, 1.165) is 12.8 Å². The Morgan fingerprint density at radius 1 is 1.23 bits per heavy atom. The Balaban J connectivity index is 1.92. The van der Waals surface area contributed by atoms with Gasteiger partial charge in [0.25, 0.3) is 0 Å². The summed E-state index contributed by atoms with van der Waals surface area (Å²) in [6, 6.07) is 0. The van der Waals surface area contributed by atoms with Crippen LogP contribution in [0.15, 0.2) is 0 Å². The summed E-state index contributed by atoms with van der Waals surface area (Å²) >= 11 is 0. The van der Waals surface area contributed by atoms with E-state index in [0.29, 0.717) is 5.92 Å². The highest BCUT2D eigenvalue weighted by atomic mass is 16.6. The first-order valence-corrected chi connectivity index (χ1v) is 5.58. The quantitative estimate of drug-likeness (QED) is 0.580. The van der Waals surface area contributed by atoms with Gasteiger partial charge in [-0.05, 0) is 31.6 Å². The molecule has 2 saturated carbocycles. The zero-order valence-corrected chi connectivity index (χ0v) is 8.25. The van der Waals surface area contributed by atoms with Crippen molar-refractivity contribution in [2.45, 2.75) is 62.8 Å². The maximum absolute atomic E-state index is 10.1. The Bertz CT molecular complexity index is 240. The van der Waals surface area contributed by atoms with Crippen molar-refractivity contribution < 1.29 is 9.84 Å². The van der Waals surface area contributed by atoms with E-state index in [9.17, 15) is 5.11 Å². The maximum atomic E-state index is 10.1. The standard InChI is InChI=1S/C11H18O2/c1-8-4-7-10-5-2-3-6-11(10,13-10)9(8)12/h8-9,12H,2-7H2,1H3. The minimum absolute atomic E-state index is 0.0943. The first-order chi connectivity index (χ1) is 6.20. The van der Waals surface area contributed by atoms with Crippen LogP contribution in [0.1, 0.15) is 45.4 Å². The monoisotopic (exact) mass is 182 g/mol. The van der Waals surface area contributed by atoms with Crippen LogP contribution in [0.25, 0.3) is 0 Å². The van der Waals surface area contributed by atoms with Crippen LogP contribution in [0, 0.1) is 5.92 Å². The first kappa shape index (κ1) is 8.25. The second-order valence-corrected chi connectivity index (χ2v) is 5.15. The zero-order valence-electron chi connectivity index (χ0n) is 8.25. The smallest absolute Gasteiger partial charge is 0.124 e. The molecule has 1 N–H and O–H groups in total. The fourth-order valence-electron chi connectivity index (χ4n) is 3.61. The summed E-state index contributed by atoms with van der Waals surface area (Å²) in [7, 11) is 0. The summed E-state index contributed by atoms with van der Waals surface area (Å²) in [5.41, 5.74) is 0.0279. The van der Waals surface area contributed by atoms with Gasteiger partial charge < -0.3 is 9.84 Å². The van der Waals surface area contributed by atoms with Crippen LogP contribution < -0.4 is 0 Å². The Morgan fingerprint density at radius 2 is 2.00 bits per heavy atom. The number of hydrogen-bond acceptors (Lipinski definition) is 2. The molecule has 3 fully saturated rings. The summed E-state index contributed by atoms with van der Waals surface area (Å²) < 4.78 is 5.95. The zero-order chi connectivity index (χ0) is 9.10. The summed E-state index contributed by atoms with van der Waals surface area (Å²) in [6.45, 7) is 2.15. The van der Waals surface area contributed by atoms with Gasteiger partial charge in [0.2, 0.25) is 0 Å². The van der Waals surface area contributed by atoms with Crippen LogP contribution in [-0.2, 0) is 4.74 Å². The average molecular weight is 182 g/mol. The fraction of sp³-hybridized carbons (Fsp3) is 1.00. The molecule has 3 rings (SSSR count). The topological polar surface area (TPSA) is 32.8 Å². The van der Waals surface area contributed by atoms with Crippen molar-refractivity contribution in [3.05, 3.63) is 0 Å². The summed E-state index contributed by atoms with van der Waals surface area (Å²) in [5, 5.41) is 10.1. The molecule has 1 heterocycles. The minimum Gasteiger partial charge on any atom is -0.390 e. The van der Waals surface area contributed by atoms with Crippen molar-refractivity contribution in [2.24, 2.45) is 5.92 Å². The lowest BCUT2D eigenvalue weighted by Gasteiger charge is -2.36. The van der Waals surface area contributed by atoms with Crippen LogP contribution in [0.2, 0.25) is 0 Å². The van der Waals surface area contributed by atoms with Crippen LogP contribution in [-0.4, -0.2) is 22.4 Å². The molecule has 2 heteroatoms. The van der Waals surface area contributed by atoms with Crippen molar-refractivity contribution >= 4 is 0 Å². The van der Waals surface area contributed by atoms with Crippen LogP contribution in [0.5, 0.6) is 0 Å². The molecule has 74 valence electrons. The number of aliphatic hydroxyl groups is 1. The van der Waals surface area contributed by atoms with Gasteiger partial charge in [0.1, 0.15) is 11.2 Å². The lowest BCUT2D eigenvalue weighted by molar-refractivity contribution is 0.0131. The van der Waals surface area contributed by atoms with E-state index in [1.54, 1.807) is 0 Å². The molecule has 2 aliphatic carbocycles. The molecular formula is C11H18O2. The minimum atomic E-state index is -0.193. The van der Waals surface area contributed by atoms with Crippen LogP contribution in [0.3, 0.4) is 0 Å². The second-order valence-electron chi connectivity index (χ2n) is 5.15. The Kier molecular flexibility index (Phi) is 1.45. The number of hydrogen-bond donors (Lipinski definition) is 1. The third-order valence-electron chi connectivity index (χ3n) is 4.51. The van der Waals surface area contributed by atoms with Crippen molar-refractivity contribution in [1.29, 1.82) is 0 Å². The molecule has 3 aliphatic rings. The van der Waals surface area contributed by atoms with E-state index in [1.807, 2.05) is 0 Å². The molecule has 0 aromatic carbocycles. The van der Waals surface area contributed by atoms with E-state index in [4.69, 9.17) is 4.74 Å². The van der Waals surface area contributed by atoms with E-state index in [-0.39, 0.29) is 17.3 Å². The molecule has 13 heavy (non-hydrogen) atoms. The van der Waals surface area contributed by atoms with Gasteiger partial charge in [-0.2, -0.15) is 0 Å². The predicted octanol–water partition coefficient (Wildman–Crippen LogP) is 1.86. The Labute approximate surface area is 79.3 Å². The number of aliphatic hydroxyl groups excluding tert-OH is 1. The normalized spacial score (nSPS) is 59.5. The van der Waals surface area contributed by atoms with Crippen molar-refractivity contribution in [1.82, 2.24) is 0 Å². The highest BCUT2D eigenvalue weighted by Crippen LogP contribution is 2.65. The average Bonchev–Trinajstić information content (AvgIpc) is 2.83. The molecular weight excluding hydrogens is 164 g/mol. The molecule has 2 nitrogen and oxygen atoms in total. The molecule has 0 spiro atoms. The van der Waals surface area contributed by atoms with Crippen LogP contribution >= 0.6 is 0 Å². The molecule has 1 aliphatic heterocycles. The predicted molar refractivity (Wildman–Crippen MR) is 49.4 cm³/mol. The largest absolute Gasteiger partial charge is 0.390 e. The van der Waals surface area contributed by atoms with Gasteiger partial charge in [0, 0.05) is 0 Å². The van der Waals surface area contributed by atoms with E-state index in [2.05, 4.69) is 6.92 Å². The third kappa shape index (κ3) is 0.816. The molecule has 0 amide bonds. The second kappa shape index (κ2) is 2.29. The highest BCUT2D eigenvalue weighted by molar-refractivity contribution is 5.23. The lowest BCUT2D eigenvalue weighted by atomic mass is 9.66. The van der Waals surface area contributed by atoms with Gasteiger partial charge in [0.05, 0.1) is 6.10 Å². The van der Waals surface area contributed by atoms with E-state index < -0.39 is 0 Å². The van der Waals surface area contributed by atoms with Crippen molar-refractivity contribution in [3.63, 3.8) is 0 Å².